The van der Waals surface area contributed by atoms with Crippen molar-refractivity contribution in [3.8, 4) is 0 Å². The van der Waals surface area contributed by atoms with E-state index in [2.05, 4.69) is 20.2 Å². The van der Waals surface area contributed by atoms with Crippen LogP contribution in [0, 0.1) is 0 Å². The van der Waals surface area contributed by atoms with Gasteiger partial charge in [0.15, 0.2) is 5.82 Å². The molecular formula is C17H21N5O3. The van der Waals surface area contributed by atoms with Crippen LogP contribution in [0.1, 0.15) is 59.6 Å². The fourth-order valence-corrected chi connectivity index (χ4v) is 3.58. The maximum Gasteiger partial charge on any atom is 0.255 e. The zero-order valence-electron chi connectivity index (χ0n) is 13.9. The number of ether oxygens (including phenoxy) is 1. The summed E-state index contributed by atoms with van der Waals surface area (Å²) in [6.45, 7) is 2.17. The summed E-state index contributed by atoms with van der Waals surface area (Å²) in [7, 11) is 0. The number of H-pyrrole nitrogens is 2. The predicted molar refractivity (Wildman–Crippen MR) is 89.3 cm³/mol. The number of hydrogen-bond acceptors (Lipinski definition) is 5. The monoisotopic (exact) mass is 343 g/mol. The van der Waals surface area contributed by atoms with Gasteiger partial charge in [0.2, 0.25) is 5.56 Å². The molecule has 0 spiro atoms. The maximum absolute atomic E-state index is 12.8. The molecule has 2 aromatic heterocycles. The molecule has 4 heterocycles. The number of nitrogens with one attached hydrogen (secondary N) is 2. The highest BCUT2D eigenvalue weighted by atomic mass is 16.5. The first-order valence-corrected chi connectivity index (χ1v) is 8.72. The molecule has 4 rings (SSSR count). The van der Waals surface area contributed by atoms with Gasteiger partial charge < -0.3 is 14.6 Å². The van der Waals surface area contributed by atoms with E-state index in [0.717, 1.165) is 50.5 Å². The Labute approximate surface area is 144 Å². The highest BCUT2D eigenvalue weighted by molar-refractivity contribution is 5.94. The third-order valence-electron chi connectivity index (χ3n) is 4.97. The van der Waals surface area contributed by atoms with E-state index in [4.69, 9.17) is 4.74 Å². The highest BCUT2D eigenvalue weighted by Gasteiger charge is 2.33. The van der Waals surface area contributed by atoms with E-state index < -0.39 is 0 Å². The van der Waals surface area contributed by atoms with Crippen LogP contribution in [0.2, 0.25) is 0 Å². The predicted octanol–water partition coefficient (Wildman–Crippen LogP) is 1.36. The van der Waals surface area contributed by atoms with Crippen LogP contribution in [0.5, 0.6) is 0 Å². The molecule has 2 saturated heterocycles. The molecule has 132 valence electrons. The Balaban J connectivity index is 1.53. The van der Waals surface area contributed by atoms with Gasteiger partial charge in [-0.05, 0) is 31.7 Å². The number of likely N-dealkylation sites (tertiary alicyclic amines) is 1. The average molecular weight is 343 g/mol. The van der Waals surface area contributed by atoms with E-state index in [9.17, 15) is 9.59 Å². The minimum absolute atomic E-state index is 0.0947. The van der Waals surface area contributed by atoms with Gasteiger partial charge >= 0.3 is 0 Å². The number of hydrogen-bond donors (Lipinski definition) is 2. The van der Waals surface area contributed by atoms with Gasteiger partial charge in [0.1, 0.15) is 5.82 Å². The minimum atomic E-state index is -0.217. The summed E-state index contributed by atoms with van der Waals surface area (Å²) in [5, 5.41) is 7.42. The fraction of sp³-hybridized carbons (Fsp3) is 0.529. The van der Waals surface area contributed by atoms with Crippen molar-refractivity contribution >= 4 is 5.91 Å². The molecule has 8 nitrogen and oxygen atoms in total. The Bertz CT molecular complexity index is 788. The molecule has 2 N–H and O–H groups in total. The fourth-order valence-electron chi connectivity index (χ4n) is 3.58. The Hall–Kier alpha value is -2.48. The molecular weight excluding hydrogens is 322 g/mol. The SMILES string of the molecule is O=C(c1ccc(=O)[nH]c1)N1CCC[C@H]1c1nc(C2CCOCC2)n[nH]1. The number of aromatic nitrogens is 4. The number of nitrogens with zero attached hydrogens (tertiary/aromatic N) is 3. The molecule has 25 heavy (non-hydrogen) atoms. The summed E-state index contributed by atoms with van der Waals surface area (Å²) < 4.78 is 5.39. The first kappa shape index (κ1) is 16.0. The van der Waals surface area contributed by atoms with Gasteiger partial charge in [0.25, 0.3) is 5.91 Å². The van der Waals surface area contributed by atoms with Gasteiger partial charge in [-0.3, -0.25) is 14.7 Å². The van der Waals surface area contributed by atoms with Gasteiger partial charge in [0, 0.05) is 37.9 Å². The van der Waals surface area contributed by atoms with Gasteiger partial charge in [-0.2, -0.15) is 5.10 Å². The molecule has 2 aromatic rings. The molecule has 1 amide bonds. The molecule has 0 aliphatic carbocycles. The molecule has 0 radical (unpaired) electrons. The van der Waals surface area contributed by atoms with E-state index in [0.29, 0.717) is 18.0 Å². The molecule has 0 unspecified atom stereocenters. The minimum Gasteiger partial charge on any atom is -0.381 e. The molecule has 0 aromatic carbocycles. The quantitative estimate of drug-likeness (QED) is 0.876. The third-order valence-corrected chi connectivity index (χ3v) is 4.97. The first-order valence-electron chi connectivity index (χ1n) is 8.72. The Morgan fingerprint density at radius 3 is 2.84 bits per heavy atom. The van der Waals surface area contributed by atoms with Crippen LogP contribution in [0.4, 0.5) is 0 Å². The number of aromatic amines is 2. The van der Waals surface area contributed by atoms with Crippen LogP contribution in [-0.2, 0) is 4.74 Å². The van der Waals surface area contributed by atoms with Gasteiger partial charge in [0.05, 0.1) is 11.6 Å². The van der Waals surface area contributed by atoms with Crippen molar-refractivity contribution in [2.75, 3.05) is 19.8 Å². The number of amides is 1. The molecule has 0 bridgehead atoms. The standard InChI is InChI=1S/C17H21N5O3/c23-14-4-3-12(10-18-14)17(24)22-7-1-2-13(22)16-19-15(20-21-16)11-5-8-25-9-6-11/h3-4,10-11,13H,1-2,5-9H2,(H,18,23)(H,19,20,21)/t13-/m0/s1. The van der Waals surface area contributed by atoms with Crippen LogP contribution in [0.25, 0.3) is 0 Å². The number of pyridine rings is 1. The second-order valence-electron chi connectivity index (χ2n) is 6.56. The average Bonchev–Trinajstić information content (AvgIpc) is 3.32. The molecule has 1 atom stereocenters. The lowest BCUT2D eigenvalue weighted by atomic mass is 10.00. The van der Waals surface area contributed by atoms with Crippen LogP contribution in [-0.4, -0.2) is 50.7 Å². The molecule has 2 aliphatic rings. The van der Waals surface area contributed by atoms with Crippen molar-refractivity contribution in [1.82, 2.24) is 25.1 Å². The third kappa shape index (κ3) is 3.21. The van der Waals surface area contributed by atoms with Crippen molar-refractivity contribution in [3.05, 3.63) is 45.9 Å². The van der Waals surface area contributed by atoms with Crippen LogP contribution < -0.4 is 5.56 Å². The first-order chi connectivity index (χ1) is 12.2. The molecule has 2 aliphatic heterocycles. The van der Waals surface area contributed by atoms with Crippen molar-refractivity contribution in [1.29, 1.82) is 0 Å². The van der Waals surface area contributed by atoms with E-state index in [1.165, 1.54) is 12.3 Å². The summed E-state index contributed by atoms with van der Waals surface area (Å²) in [5.41, 5.74) is 0.265. The van der Waals surface area contributed by atoms with E-state index in [-0.39, 0.29) is 17.5 Å². The van der Waals surface area contributed by atoms with Crippen LogP contribution in [0.3, 0.4) is 0 Å². The smallest absolute Gasteiger partial charge is 0.255 e. The molecule has 0 saturated carbocycles. The van der Waals surface area contributed by atoms with Crippen LogP contribution >= 0.6 is 0 Å². The molecule has 8 heteroatoms. The number of carbonyl (C=O) groups is 1. The summed E-state index contributed by atoms with van der Waals surface area (Å²) >= 11 is 0. The second-order valence-corrected chi connectivity index (χ2v) is 6.56. The Kier molecular flexibility index (Phi) is 4.35. The van der Waals surface area contributed by atoms with Crippen LogP contribution in [0.15, 0.2) is 23.1 Å². The normalized spacial score (nSPS) is 21.6. The van der Waals surface area contributed by atoms with Gasteiger partial charge in [-0.25, -0.2) is 4.98 Å². The van der Waals surface area contributed by atoms with E-state index in [1.54, 1.807) is 6.07 Å². The van der Waals surface area contributed by atoms with E-state index >= 15 is 0 Å². The summed E-state index contributed by atoms with van der Waals surface area (Å²) in [4.78, 5) is 33.0. The lowest BCUT2D eigenvalue weighted by Gasteiger charge is -2.23. The van der Waals surface area contributed by atoms with Crippen molar-refractivity contribution in [2.45, 2.75) is 37.6 Å². The lowest BCUT2D eigenvalue weighted by molar-refractivity contribution is 0.0729. The van der Waals surface area contributed by atoms with Gasteiger partial charge in [-0.1, -0.05) is 0 Å². The lowest BCUT2D eigenvalue weighted by Crippen LogP contribution is -2.31. The molecule has 2 fully saturated rings. The number of carbonyl (C=O) groups excluding carboxylic acids is 1. The number of rotatable bonds is 3. The summed E-state index contributed by atoms with van der Waals surface area (Å²) in [6.07, 6.45) is 5.11. The Morgan fingerprint density at radius 1 is 1.24 bits per heavy atom. The topological polar surface area (TPSA) is 104 Å². The zero-order chi connectivity index (χ0) is 17.2. The van der Waals surface area contributed by atoms with Crippen molar-refractivity contribution in [3.63, 3.8) is 0 Å². The second kappa shape index (κ2) is 6.79. The summed E-state index contributed by atoms with van der Waals surface area (Å²) in [5.74, 6) is 1.80. The largest absolute Gasteiger partial charge is 0.381 e. The summed E-state index contributed by atoms with van der Waals surface area (Å²) in [6, 6.07) is 2.83. The van der Waals surface area contributed by atoms with Crippen molar-refractivity contribution in [2.24, 2.45) is 0 Å². The Morgan fingerprint density at radius 2 is 2.08 bits per heavy atom. The van der Waals surface area contributed by atoms with Gasteiger partial charge in [-0.15, -0.1) is 0 Å². The van der Waals surface area contributed by atoms with Crippen molar-refractivity contribution < 1.29 is 9.53 Å². The van der Waals surface area contributed by atoms with E-state index in [1.807, 2.05) is 4.90 Å². The maximum atomic E-state index is 12.8. The zero-order valence-corrected chi connectivity index (χ0v) is 13.9. The highest BCUT2D eigenvalue weighted by Crippen LogP contribution is 2.32.